The molecule has 0 aliphatic heterocycles. The molecular weight excluding hydrogens is 340 g/mol. The van der Waals surface area contributed by atoms with E-state index in [4.69, 9.17) is 10.5 Å². The quantitative estimate of drug-likeness (QED) is 0.675. The maximum Gasteiger partial charge on any atom is 0.271 e. The SMILES string of the molecule is Cn1/c(=N\NC(=O)c2ccc(OCC(N)=O)cc2)sc2ccccc21. The van der Waals surface area contributed by atoms with Gasteiger partial charge < -0.3 is 15.0 Å². The highest BCUT2D eigenvalue weighted by Gasteiger charge is 2.06. The van der Waals surface area contributed by atoms with Gasteiger partial charge in [-0.15, -0.1) is 5.10 Å². The number of rotatable bonds is 5. The molecule has 1 heterocycles. The normalized spacial score (nSPS) is 11.5. The van der Waals surface area contributed by atoms with Crippen molar-refractivity contribution in [2.75, 3.05) is 6.61 Å². The molecule has 0 aliphatic rings. The lowest BCUT2D eigenvalue weighted by atomic mass is 10.2. The number of nitrogens with one attached hydrogen (secondary N) is 1. The third kappa shape index (κ3) is 3.86. The van der Waals surface area contributed by atoms with E-state index in [1.165, 1.54) is 11.3 Å². The van der Waals surface area contributed by atoms with Gasteiger partial charge >= 0.3 is 0 Å². The topological polar surface area (TPSA) is 98.7 Å². The lowest BCUT2D eigenvalue weighted by Gasteiger charge is -2.04. The van der Waals surface area contributed by atoms with Crippen molar-refractivity contribution in [2.24, 2.45) is 17.9 Å². The van der Waals surface area contributed by atoms with Gasteiger partial charge in [-0.2, -0.15) is 0 Å². The molecule has 2 aromatic carbocycles. The molecule has 128 valence electrons. The number of aryl methyl sites for hydroxylation is 1. The summed E-state index contributed by atoms with van der Waals surface area (Å²) in [5.41, 5.74) is 9.04. The van der Waals surface area contributed by atoms with Crippen LogP contribution < -0.4 is 20.7 Å². The van der Waals surface area contributed by atoms with Crippen molar-refractivity contribution in [1.29, 1.82) is 0 Å². The van der Waals surface area contributed by atoms with Gasteiger partial charge in [0.15, 0.2) is 6.61 Å². The molecule has 25 heavy (non-hydrogen) atoms. The van der Waals surface area contributed by atoms with E-state index in [9.17, 15) is 9.59 Å². The molecule has 0 aliphatic carbocycles. The maximum absolute atomic E-state index is 12.2. The second-order valence-electron chi connectivity index (χ2n) is 5.24. The first kappa shape index (κ1) is 16.7. The summed E-state index contributed by atoms with van der Waals surface area (Å²) in [6, 6.07) is 14.3. The van der Waals surface area contributed by atoms with Crippen molar-refractivity contribution in [3.63, 3.8) is 0 Å². The summed E-state index contributed by atoms with van der Waals surface area (Å²) in [6.07, 6.45) is 0. The Kier molecular flexibility index (Phi) is 4.80. The predicted octanol–water partition coefficient (Wildman–Crippen LogP) is 1.35. The standard InChI is InChI=1S/C17H16N4O3S/c1-21-13-4-2-3-5-14(13)25-17(21)20-19-16(23)11-6-8-12(9-7-11)24-10-15(18)22/h2-9H,10H2,1H3,(H2,18,22)(H,19,23)/b20-17+. The van der Waals surface area contributed by atoms with Gasteiger partial charge in [-0.1, -0.05) is 23.5 Å². The first-order chi connectivity index (χ1) is 12.0. The van der Waals surface area contributed by atoms with Gasteiger partial charge in [0.05, 0.1) is 10.2 Å². The van der Waals surface area contributed by atoms with Crippen LogP contribution in [0.1, 0.15) is 10.4 Å². The van der Waals surface area contributed by atoms with E-state index in [1.807, 2.05) is 35.9 Å². The summed E-state index contributed by atoms with van der Waals surface area (Å²) in [6.45, 7) is -0.205. The molecule has 1 aromatic heterocycles. The van der Waals surface area contributed by atoms with Crippen LogP contribution in [0.25, 0.3) is 10.2 Å². The monoisotopic (exact) mass is 356 g/mol. The molecule has 0 bridgehead atoms. The smallest absolute Gasteiger partial charge is 0.271 e. The number of benzene rings is 2. The van der Waals surface area contributed by atoms with E-state index in [0.717, 1.165) is 10.2 Å². The Hall–Kier alpha value is -3.13. The van der Waals surface area contributed by atoms with E-state index in [-0.39, 0.29) is 12.5 Å². The zero-order chi connectivity index (χ0) is 17.8. The molecule has 3 aromatic rings. The van der Waals surface area contributed by atoms with Crippen LogP contribution in [0.2, 0.25) is 0 Å². The van der Waals surface area contributed by atoms with E-state index < -0.39 is 5.91 Å². The number of para-hydroxylation sites is 1. The number of carbonyl (C=O) groups excluding carboxylic acids is 2. The molecule has 0 unspecified atom stereocenters. The highest BCUT2D eigenvalue weighted by molar-refractivity contribution is 7.16. The van der Waals surface area contributed by atoms with Gasteiger partial charge in [-0.3, -0.25) is 9.59 Å². The molecule has 8 heteroatoms. The minimum absolute atomic E-state index is 0.205. The highest BCUT2D eigenvalue weighted by Crippen LogP contribution is 2.15. The van der Waals surface area contributed by atoms with Crippen LogP contribution in [0.4, 0.5) is 0 Å². The van der Waals surface area contributed by atoms with Gasteiger partial charge in [-0.05, 0) is 36.4 Å². The molecule has 0 atom stereocenters. The Morgan fingerprint density at radius 1 is 1.20 bits per heavy atom. The Labute approximate surface area is 147 Å². The van der Waals surface area contributed by atoms with Crippen molar-refractivity contribution in [2.45, 2.75) is 0 Å². The van der Waals surface area contributed by atoms with Crippen LogP contribution in [-0.2, 0) is 11.8 Å². The number of primary amides is 1. The number of ether oxygens (including phenoxy) is 1. The molecule has 0 radical (unpaired) electrons. The van der Waals surface area contributed by atoms with Crippen molar-refractivity contribution >= 4 is 33.4 Å². The van der Waals surface area contributed by atoms with E-state index in [2.05, 4.69) is 10.5 Å². The summed E-state index contributed by atoms with van der Waals surface area (Å²) in [4.78, 5) is 23.6. The molecule has 0 saturated heterocycles. The lowest BCUT2D eigenvalue weighted by Crippen LogP contribution is -2.23. The minimum atomic E-state index is -0.558. The summed E-state index contributed by atoms with van der Waals surface area (Å²) in [5.74, 6) is -0.432. The molecule has 0 saturated carbocycles. The molecule has 0 fully saturated rings. The van der Waals surface area contributed by atoms with Crippen LogP contribution >= 0.6 is 11.3 Å². The summed E-state index contributed by atoms with van der Waals surface area (Å²) in [5, 5.41) is 4.19. The zero-order valence-electron chi connectivity index (χ0n) is 13.4. The van der Waals surface area contributed by atoms with Gasteiger partial charge in [0, 0.05) is 12.6 Å². The molecule has 0 spiro atoms. The minimum Gasteiger partial charge on any atom is -0.484 e. The van der Waals surface area contributed by atoms with Gasteiger partial charge in [-0.25, -0.2) is 5.43 Å². The van der Waals surface area contributed by atoms with Crippen molar-refractivity contribution in [3.05, 3.63) is 58.9 Å². The predicted molar refractivity (Wildman–Crippen MR) is 95.0 cm³/mol. The molecule has 3 N–H and O–H groups in total. The third-order valence-electron chi connectivity index (χ3n) is 3.47. The number of aromatic nitrogens is 1. The van der Waals surface area contributed by atoms with Crippen LogP contribution in [0.5, 0.6) is 5.75 Å². The highest BCUT2D eigenvalue weighted by atomic mass is 32.1. The third-order valence-corrected chi connectivity index (χ3v) is 4.58. The van der Waals surface area contributed by atoms with Crippen molar-refractivity contribution < 1.29 is 14.3 Å². The summed E-state index contributed by atoms with van der Waals surface area (Å²) < 4.78 is 8.16. The van der Waals surface area contributed by atoms with E-state index >= 15 is 0 Å². The number of fused-ring (bicyclic) bond motifs is 1. The summed E-state index contributed by atoms with van der Waals surface area (Å²) >= 11 is 1.49. The molecular formula is C17H16N4O3S. The Morgan fingerprint density at radius 3 is 2.60 bits per heavy atom. The number of nitrogens with zero attached hydrogens (tertiary/aromatic N) is 2. The van der Waals surface area contributed by atoms with Crippen LogP contribution in [0.3, 0.4) is 0 Å². The van der Waals surface area contributed by atoms with Crippen LogP contribution in [0, 0.1) is 0 Å². The van der Waals surface area contributed by atoms with Gasteiger partial charge in [0.1, 0.15) is 5.75 Å². The fourth-order valence-electron chi connectivity index (χ4n) is 2.21. The number of amides is 2. The average molecular weight is 356 g/mol. The lowest BCUT2D eigenvalue weighted by molar-refractivity contribution is -0.119. The fraction of sp³-hybridized carbons (Fsp3) is 0.118. The Bertz CT molecular complexity index is 989. The second kappa shape index (κ2) is 7.18. The molecule has 2 amide bonds. The van der Waals surface area contributed by atoms with Crippen LogP contribution in [0.15, 0.2) is 53.6 Å². The molecule has 3 rings (SSSR count). The fourth-order valence-corrected chi connectivity index (χ4v) is 3.19. The second-order valence-corrected chi connectivity index (χ2v) is 6.25. The number of hydrogen-bond donors (Lipinski definition) is 2. The largest absolute Gasteiger partial charge is 0.484 e. The number of hydrogen-bond acceptors (Lipinski definition) is 5. The first-order valence-corrected chi connectivity index (χ1v) is 8.26. The number of carbonyl (C=O) groups is 2. The Balaban J connectivity index is 1.73. The zero-order valence-corrected chi connectivity index (χ0v) is 14.2. The van der Waals surface area contributed by atoms with Gasteiger partial charge in [0.25, 0.3) is 11.8 Å². The molecule has 7 nitrogen and oxygen atoms in total. The van der Waals surface area contributed by atoms with E-state index in [1.54, 1.807) is 24.3 Å². The maximum atomic E-state index is 12.2. The number of thiazole rings is 1. The summed E-state index contributed by atoms with van der Waals surface area (Å²) in [7, 11) is 1.90. The average Bonchev–Trinajstić information content (AvgIpc) is 2.94. The van der Waals surface area contributed by atoms with Gasteiger partial charge in [0.2, 0.25) is 4.80 Å². The van der Waals surface area contributed by atoms with Crippen molar-refractivity contribution in [3.8, 4) is 5.75 Å². The Morgan fingerprint density at radius 2 is 1.92 bits per heavy atom. The number of nitrogens with two attached hydrogens (primary N) is 1. The van der Waals surface area contributed by atoms with Crippen molar-refractivity contribution in [1.82, 2.24) is 9.99 Å². The first-order valence-electron chi connectivity index (χ1n) is 7.44. The van der Waals surface area contributed by atoms with Crippen LogP contribution in [-0.4, -0.2) is 23.0 Å². The van der Waals surface area contributed by atoms with E-state index in [0.29, 0.717) is 16.1 Å².